The van der Waals surface area contributed by atoms with Crippen LogP contribution in [0.2, 0.25) is 5.02 Å². The highest BCUT2D eigenvalue weighted by Crippen LogP contribution is 2.35. The lowest BCUT2D eigenvalue weighted by molar-refractivity contribution is 0.695. The number of hydrogen-bond acceptors (Lipinski definition) is 2. The zero-order chi connectivity index (χ0) is 10.3. The summed E-state index contributed by atoms with van der Waals surface area (Å²) < 4.78 is 1.29. The zero-order valence-electron chi connectivity index (χ0n) is 8.29. The Hall–Kier alpha value is -0.570. The zero-order valence-corrected chi connectivity index (χ0v) is 9.87. The highest BCUT2D eigenvalue weighted by Gasteiger charge is 2.21. The molecule has 1 aliphatic carbocycles. The highest BCUT2D eigenvalue weighted by molar-refractivity contribution is 7.19. The third-order valence-corrected chi connectivity index (χ3v) is 4.44. The smallest absolute Gasteiger partial charge is 0.0636 e. The fourth-order valence-corrected chi connectivity index (χ4v) is 3.15. The van der Waals surface area contributed by atoms with Crippen LogP contribution in [0.4, 0.5) is 0 Å². The maximum absolute atomic E-state index is 6.33. The van der Waals surface area contributed by atoms with Gasteiger partial charge in [0.1, 0.15) is 0 Å². The maximum atomic E-state index is 6.33. The van der Waals surface area contributed by atoms with Crippen LogP contribution in [0.5, 0.6) is 0 Å². The van der Waals surface area contributed by atoms with E-state index in [1.807, 2.05) is 6.07 Å². The van der Waals surface area contributed by atoms with Crippen molar-refractivity contribution >= 4 is 33.0 Å². The summed E-state index contributed by atoms with van der Waals surface area (Å²) in [5, 5.41) is 5.63. The average molecular weight is 238 g/mol. The Bertz CT molecular complexity index is 487. The molecule has 1 N–H and O–H groups in total. The van der Waals surface area contributed by atoms with Crippen LogP contribution in [0, 0.1) is 0 Å². The van der Waals surface area contributed by atoms with Crippen LogP contribution in [0.25, 0.3) is 10.1 Å². The number of thiophene rings is 1. The molecule has 3 heteroatoms. The fourth-order valence-electron chi connectivity index (χ4n) is 1.70. The summed E-state index contributed by atoms with van der Waals surface area (Å²) in [6.07, 6.45) is 2.64. The monoisotopic (exact) mass is 237 g/mol. The Morgan fingerprint density at radius 1 is 1.33 bits per heavy atom. The summed E-state index contributed by atoms with van der Waals surface area (Å²) in [5.41, 5.74) is 0. The maximum Gasteiger partial charge on any atom is 0.0636 e. The van der Waals surface area contributed by atoms with Gasteiger partial charge in [-0.2, -0.15) is 0 Å². The molecule has 0 unspecified atom stereocenters. The Balaban J connectivity index is 1.92. The normalized spacial score (nSPS) is 16.1. The molecule has 15 heavy (non-hydrogen) atoms. The van der Waals surface area contributed by atoms with Crippen LogP contribution in [0.1, 0.15) is 17.7 Å². The van der Waals surface area contributed by atoms with E-state index in [1.54, 1.807) is 11.3 Å². The van der Waals surface area contributed by atoms with Crippen LogP contribution in [-0.2, 0) is 6.54 Å². The minimum atomic E-state index is 0.742. The first-order valence-electron chi connectivity index (χ1n) is 5.24. The predicted octanol–water partition coefficient (Wildman–Crippen LogP) is 3.81. The van der Waals surface area contributed by atoms with Crippen molar-refractivity contribution in [2.24, 2.45) is 0 Å². The van der Waals surface area contributed by atoms with Gasteiger partial charge in [-0.25, -0.2) is 0 Å². The van der Waals surface area contributed by atoms with E-state index in [4.69, 9.17) is 11.6 Å². The van der Waals surface area contributed by atoms with Crippen molar-refractivity contribution in [3.8, 4) is 0 Å². The van der Waals surface area contributed by atoms with Gasteiger partial charge in [-0.05, 0) is 18.9 Å². The molecule has 78 valence electrons. The number of rotatable bonds is 3. The molecule has 1 saturated carbocycles. The molecule has 0 radical (unpaired) electrons. The first kappa shape index (κ1) is 9.64. The summed E-state index contributed by atoms with van der Waals surface area (Å²) in [6.45, 7) is 0.919. The second-order valence-electron chi connectivity index (χ2n) is 3.99. The first-order valence-corrected chi connectivity index (χ1v) is 6.43. The molecule has 1 aromatic heterocycles. The molecule has 0 spiro atoms. The van der Waals surface area contributed by atoms with E-state index in [1.165, 1.54) is 27.8 Å². The van der Waals surface area contributed by atoms with Crippen molar-refractivity contribution in [3.05, 3.63) is 34.2 Å². The Morgan fingerprint density at radius 2 is 2.13 bits per heavy atom. The van der Waals surface area contributed by atoms with Crippen LogP contribution in [0.15, 0.2) is 24.3 Å². The van der Waals surface area contributed by atoms with Gasteiger partial charge in [0.2, 0.25) is 0 Å². The van der Waals surface area contributed by atoms with Gasteiger partial charge in [0.05, 0.1) is 5.02 Å². The van der Waals surface area contributed by atoms with E-state index in [0.29, 0.717) is 0 Å². The minimum Gasteiger partial charge on any atom is -0.309 e. The van der Waals surface area contributed by atoms with E-state index >= 15 is 0 Å². The van der Waals surface area contributed by atoms with Gasteiger partial charge >= 0.3 is 0 Å². The second-order valence-corrected chi connectivity index (χ2v) is 5.51. The van der Waals surface area contributed by atoms with Gasteiger partial charge in [-0.3, -0.25) is 0 Å². The number of halogens is 1. The average Bonchev–Trinajstić information content (AvgIpc) is 3.03. The quantitative estimate of drug-likeness (QED) is 0.856. The number of benzene rings is 1. The summed E-state index contributed by atoms with van der Waals surface area (Å²) >= 11 is 8.13. The number of nitrogens with one attached hydrogen (secondary N) is 1. The Kier molecular flexibility index (Phi) is 2.43. The van der Waals surface area contributed by atoms with E-state index in [2.05, 4.69) is 23.5 Å². The van der Waals surface area contributed by atoms with Crippen LogP contribution in [0.3, 0.4) is 0 Å². The van der Waals surface area contributed by atoms with Crippen molar-refractivity contribution in [3.63, 3.8) is 0 Å². The van der Waals surface area contributed by atoms with Crippen LogP contribution >= 0.6 is 22.9 Å². The highest BCUT2D eigenvalue weighted by atomic mass is 35.5. The van der Waals surface area contributed by atoms with Gasteiger partial charge < -0.3 is 5.32 Å². The molecule has 0 saturated heterocycles. The topological polar surface area (TPSA) is 12.0 Å². The summed E-state index contributed by atoms with van der Waals surface area (Å²) in [5.74, 6) is 0. The third kappa shape index (κ3) is 1.89. The predicted molar refractivity (Wildman–Crippen MR) is 66.7 cm³/mol. The Morgan fingerprint density at radius 3 is 2.87 bits per heavy atom. The first-order chi connectivity index (χ1) is 7.34. The molecule has 0 amide bonds. The SMILES string of the molecule is Clc1c(CNC2CC2)sc2ccccc12. The molecule has 1 nitrogen and oxygen atoms in total. The molecule has 1 aromatic carbocycles. The van der Waals surface area contributed by atoms with Gasteiger partial charge in [0.25, 0.3) is 0 Å². The van der Waals surface area contributed by atoms with Gasteiger partial charge in [-0.15, -0.1) is 11.3 Å². The molecular formula is C12H12ClNS. The number of fused-ring (bicyclic) bond motifs is 1. The number of hydrogen-bond donors (Lipinski definition) is 1. The summed E-state index contributed by atoms with van der Waals surface area (Å²) in [7, 11) is 0. The fraction of sp³-hybridized carbons (Fsp3) is 0.333. The van der Waals surface area contributed by atoms with E-state index in [0.717, 1.165) is 17.6 Å². The summed E-state index contributed by atoms with van der Waals surface area (Å²) in [4.78, 5) is 1.27. The lowest BCUT2D eigenvalue weighted by atomic mass is 10.2. The van der Waals surface area contributed by atoms with Gasteiger partial charge in [-0.1, -0.05) is 29.8 Å². The molecule has 0 bridgehead atoms. The van der Waals surface area contributed by atoms with E-state index < -0.39 is 0 Å². The molecule has 1 heterocycles. The van der Waals surface area contributed by atoms with Crippen molar-refractivity contribution in [2.45, 2.75) is 25.4 Å². The molecule has 1 fully saturated rings. The second kappa shape index (κ2) is 3.78. The molecule has 2 aromatic rings. The lowest BCUT2D eigenvalue weighted by Gasteiger charge is -1.99. The van der Waals surface area contributed by atoms with Gasteiger partial charge in [0, 0.05) is 27.5 Å². The third-order valence-electron chi connectivity index (χ3n) is 2.73. The summed E-state index contributed by atoms with van der Waals surface area (Å²) in [6, 6.07) is 9.07. The van der Waals surface area contributed by atoms with Crippen LogP contribution in [-0.4, -0.2) is 6.04 Å². The van der Waals surface area contributed by atoms with Crippen LogP contribution < -0.4 is 5.32 Å². The van der Waals surface area contributed by atoms with E-state index in [-0.39, 0.29) is 0 Å². The lowest BCUT2D eigenvalue weighted by Crippen LogP contribution is -2.14. The minimum absolute atomic E-state index is 0.742. The molecule has 0 aliphatic heterocycles. The molecule has 0 atom stereocenters. The van der Waals surface area contributed by atoms with Crippen molar-refractivity contribution in [1.82, 2.24) is 5.32 Å². The standard InChI is InChI=1S/C12H12ClNS/c13-12-9-3-1-2-4-10(9)15-11(12)7-14-8-5-6-8/h1-4,8,14H,5-7H2. The van der Waals surface area contributed by atoms with E-state index in [9.17, 15) is 0 Å². The van der Waals surface area contributed by atoms with Crippen molar-refractivity contribution in [2.75, 3.05) is 0 Å². The van der Waals surface area contributed by atoms with Crippen molar-refractivity contribution in [1.29, 1.82) is 0 Å². The largest absolute Gasteiger partial charge is 0.309 e. The molecule has 1 aliphatic rings. The Labute approximate surface area is 98.1 Å². The molecular weight excluding hydrogens is 226 g/mol. The van der Waals surface area contributed by atoms with Crippen molar-refractivity contribution < 1.29 is 0 Å². The molecule has 3 rings (SSSR count). The van der Waals surface area contributed by atoms with Gasteiger partial charge in [0.15, 0.2) is 0 Å².